The minimum atomic E-state index is -1.16. The van der Waals surface area contributed by atoms with Gasteiger partial charge in [-0.05, 0) is 74.3 Å². The fraction of sp³-hybridized carbons (Fsp3) is 0.889. The average molecular weight is 433 g/mol. The Morgan fingerprint density at radius 1 is 0.968 bits per heavy atom. The molecule has 0 heterocycles. The Kier molecular flexibility index (Phi) is 5.80. The van der Waals surface area contributed by atoms with E-state index in [1.807, 2.05) is 6.92 Å². The lowest BCUT2D eigenvalue weighted by molar-refractivity contribution is -0.191. The zero-order valence-corrected chi connectivity index (χ0v) is 20.3. The van der Waals surface area contributed by atoms with Crippen molar-refractivity contribution < 1.29 is 20.1 Å². The van der Waals surface area contributed by atoms with E-state index >= 15 is 0 Å². The van der Waals surface area contributed by atoms with Crippen LogP contribution in [0.2, 0.25) is 0 Å². The number of aliphatic hydroxyl groups excluding tert-OH is 1. The maximum Gasteiger partial charge on any atom is 0.159 e. The summed E-state index contributed by atoms with van der Waals surface area (Å²) >= 11 is 0. The topological polar surface area (TPSA) is 77.8 Å². The van der Waals surface area contributed by atoms with Crippen molar-refractivity contribution in [1.82, 2.24) is 0 Å². The molecule has 0 saturated heterocycles. The van der Waals surface area contributed by atoms with Gasteiger partial charge in [-0.25, -0.2) is 0 Å². The lowest BCUT2D eigenvalue weighted by Crippen LogP contribution is -2.68. The Bertz CT molecular complexity index is 758. The molecule has 0 bridgehead atoms. The van der Waals surface area contributed by atoms with Gasteiger partial charge in [0.1, 0.15) is 0 Å². The van der Waals surface area contributed by atoms with Crippen LogP contribution in [0.4, 0.5) is 0 Å². The van der Waals surface area contributed by atoms with Crippen LogP contribution < -0.4 is 0 Å². The Labute approximate surface area is 188 Å². The summed E-state index contributed by atoms with van der Waals surface area (Å²) < 4.78 is 0. The average Bonchev–Trinajstić information content (AvgIpc) is 2.97. The minimum absolute atomic E-state index is 0.00738. The van der Waals surface area contributed by atoms with Crippen molar-refractivity contribution in [1.29, 1.82) is 0 Å². The summed E-state index contributed by atoms with van der Waals surface area (Å²) in [6.07, 6.45) is 9.40. The van der Waals surface area contributed by atoms with Gasteiger partial charge in [-0.1, -0.05) is 53.9 Å². The van der Waals surface area contributed by atoms with Gasteiger partial charge < -0.3 is 15.3 Å². The molecule has 4 aliphatic rings. The molecule has 3 saturated carbocycles. The smallest absolute Gasteiger partial charge is 0.159 e. The maximum atomic E-state index is 13.2. The molecular formula is C27H44O4. The summed E-state index contributed by atoms with van der Waals surface area (Å²) in [5.74, 6) is 1.28. The number of aliphatic hydroxyl groups is 3. The largest absolute Gasteiger partial charge is 0.393 e. The van der Waals surface area contributed by atoms with Gasteiger partial charge >= 0.3 is 0 Å². The van der Waals surface area contributed by atoms with Crippen molar-refractivity contribution in [2.75, 3.05) is 0 Å². The second-order valence-electron chi connectivity index (χ2n) is 12.4. The zero-order valence-electron chi connectivity index (χ0n) is 20.3. The molecule has 0 unspecified atom stereocenters. The quantitative estimate of drug-likeness (QED) is 0.583. The van der Waals surface area contributed by atoms with E-state index in [-0.39, 0.29) is 17.1 Å². The van der Waals surface area contributed by atoms with Crippen LogP contribution in [0.1, 0.15) is 98.8 Å². The van der Waals surface area contributed by atoms with E-state index < -0.39 is 22.7 Å². The van der Waals surface area contributed by atoms with Gasteiger partial charge in [0.05, 0.1) is 17.3 Å². The number of rotatable bonds is 5. The first-order chi connectivity index (χ1) is 14.4. The van der Waals surface area contributed by atoms with Crippen LogP contribution in [0.3, 0.4) is 0 Å². The molecule has 8 atom stereocenters. The number of ketones is 1. The van der Waals surface area contributed by atoms with Crippen LogP contribution in [0, 0.1) is 34.5 Å². The Balaban J connectivity index is 1.66. The molecule has 0 spiro atoms. The van der Waals surface area contributed by atoms with Crippen LogP contribution >= 0.6 is 0 Å². The molecule has 0 aliphatic heterocycles. The van der Waals surface area contributed by atoms with E-state index in [0.29, 0.717) is 55.4 Å². The predicted octanol–water partition coefficient (Wildman–Crippen LogP) is 4.80. The zero-order chi connectivity index (χ0) is 22.8. The fourth-order valence-electron chi connectivity index (χ4n) is 8.28. The lowest BCUT2D eigenvalue weighted by atomic mass is 9.44. The number of hydrogen-bond donors (Lipinski definition) is 3. The van der Waals surface area contributed by atoms with Gasteiger partial charge in [0.2, 0.25) is 0 Å². The van der Waals surface area contributed by atoms with Gasteiger partial charge in [0.15, 0.2) is 5.78 Å². The number of fused-ring (bicyclic) bond motifs is 5. The first kappa shape index (κ1) is 23.4. The van der Waals surface area contributed by atoms with Crippen molar-refractivity contribution in [3.05, 3.63) is 11.6 Å². The minimum Gasteiger partial charge on any atom is -0.393 e. The number of allylic oxidation sites excluding steroid dienone is 1. The highest BCUT2D eigenvalue weighted by Crippen LogP contribution is 2.69. The van der Waals surface area contributed by atoms with Gasteiger partial charge in [0, 0.05) is 16.7 Å². The molecule has 4 heteroatoms. The van der Waals surface area contributed by atoms with Gasteiger partial charge in [-0.3, -0.25) is 4.79 Å². The molecular weight excluding hydrogens is 388 g/mol. The summed E-state index contributed by atoms with van der Waals surface area (Å²) in [4.78, 5) is 13.2. The van der Waals surface area contributed by atoms with Crippen LogP contribution in [0.15, 0.2) is 11.6 Å². The third-order valence-electron chi connectivity index (χ3n) is 10.5. The highest BCUT2D eigenvalue weighted by Gasteiger charge is 2.71. The highest BCUT2D eigenvalue weighted by atomic mass is 16.3. The van der Waals surface area contributed by atoms with E-state index in [2.05, 4.69) is 27.7 Å². The molecule has 4 nitrogen and oxygen atoms in total. The summed E-state index contributed by atoms with van der Waals surface area (Å²) in [5.41, 5.74) is -2.58. The molecule has 0 radical (unpaired) electrons. The van der Waals surface area contributed by atoms with Gasteiger partial charge in [0.25, 0.3) is 0 Å². The predicted molar refractivity (Wildman–Crippen MR) is 122 cm³/mol. The third-order valence-corrected chi connectivity index (χ3v) is 10.5. The third kappa shape index (κ3) is 3.22. The molecule has 3 N–H and O–H groups in total. The molecule has 3 fully saturated rings. The number of carbonyl (C=O) groups excluding carboxylic acids is 1. The van der Waals surface area contributed by atoms with Gasteiger partial charge in [-0.15, -0.1) is 0 Å². The number of carbonyl (C=O) groups is 1. The van der Waals surface area contributed by atoms with E-state index in [0.717, 1.165) is 12.8 Å². The lowest BCUT2D eigenvalue weighted by Gasteiger charge is -2.63. The molecule has 0 aromatic carbocycles. The van der Waals surface area contributed by atoms with Crippen LogP contribution in [-0.2, 0) is 4.79 Å². The summed E-state index contributed by atoms with van der Waals surface area (Å²) in [7, 11) is 0. The second kappa shape index (κ2) is 7.67. The van der Waals surface area contributed by atoms with E-state index in [1.165, 1.54) is 19.3 Å². The maximum absolute atomic E-state index is 13.2. The van der Waals surface area contributed by atoms with E-state index in [9.17, 15) is 20.1 Å². The first-order valence-corrected chi connectivity index (χ1v) is 12.8. The van der Waals surface area contributed by atoms with Crippen molar-refractivity contribution in [3.8, 4) is 0 Å². The standard InChI is InChI=1S/C27H44O4/c1-17(2)7-6-8-18(3)20-10-12-26(30)23-16-22(29)21-15-19(28)9-11-24(21,4)27(23,31)14-13-25(20,26)5/h16-21,28,30-31H,6-15H2,1-5H3/t18-,19-,20-,21-,24+,25-,26-,27-/m1/s1. The first-order valence-electron chi connectivity index (χ1n) is 12.8. The van der Waals surface area contributed by atoms with E-state index in [4.69, 9.17) is 0 Å². The van der Waals surface area contributed by atoms with Gasteiger partial charge in [-0.2, -0.15) is 0 Å². The van der Waals surface area contributed by atoms with Crippen molar-refractivity contribution in [2.24, 2.45) is 34.5 Å². The van der Waals surface area contributed by atoms with Crippen molar-refractivity contribution in [2.45, 2.75) is 116 Å². The summed E-state index contributed by atoms with van der Waals surface area (Å²) in [6, 6.07) is 0. The fourth-order valence-corrected chi connectivity index (χ4v) is 8.28. The molecule has 0 amide bonds. The van der Waals surface area contributed by atoms with Crippen LogP contribution in [0.25, 0.3) is 0 Å². The summed E-state index contributed by atoms with van der Waals surface area (Å²) in [6.45, 7) is 11.1. The normalized spacial score (nSPS) is 48.1. The van der Waals surface area contributed by atoms with Crippen LogP contribution in [-0.4, -0.2) is 38.4 Å². The molecule has 176 valence electrons. The molecule has 4 rings (SSSR count). The molecule has 0 aromatic rings. The second-order valence-corrected chi connectivity index (χ2v) is 12.4. The monoisotopic (exact) mass is 432 g/mol. The van der Waals surface area contributed by atoms with Crippen molar-refractivity contribution >= 4 is 5.78 Å². The molecule has 0 aromatic heterocycles. The van der Waals surface area contributed by atoms with E-state index in [1.54, 1.807) is 6.08 Å². The van der Waals surface area contributed by atoms with Crippen LogP contribution in [0.5, 0.6) is 0 Å². The molecule has 31 heavy (non-hydrogen) atoms. The number of hydrogen-bond acceptors (Lipinski definition) is 4. The van der Waals surface area contributed by atoms with Crippen molar-refractivity contribution in [3.63, 3.8) is 0 Å². The molecule has 4 aliphatic carbocycles. The Morgan fingerprint density at radius 2 is 1.65 bits per heavy atom. The Morgan fingerprint density at radius 3 is 2.32 bits per heavy atom. The highest BCUT2D eigenvalue weighted by molar-refractivity contribution is 5.95. The Hall–Kier alpha value is -0.710. The summed E-state index contributed by atoms with van der Waals surface area (Å²) in [5, 5.41) is 34.5. The SMILES string of the molecule is CC(C)CCC[C@@H](C)[C@H]1CC[C@@]2(O)C3=CC(=O)[C@H]4C[C@H](O)CC[C@]4(C)[C@@]3(O)CC[C@]12C.